The molecule has 4 rings (SSSR count). The molecular weight excluding hydrogens is 572 g/mol. The van der Waals surface area contributed by atoms with Gasteiger partial charge in [-0.1, -0.05) is 121 Å². The first-order valence-corrected chi connectivity index (χ1v) is 20.5. The molecule has 0 aliphatic heterocycles. The minimum atomic E-state index is -0.668. The number of carbonyl (C=O) groups is 1. The first-order chi connectivity index (χ1) is 22.6. The average molecular weight is 647 g/mol. The van der Waals surface area contributed by atoms with Crippen molar-refractivity contribution in [1.29, 1.82) is 0 Å². The summed E-state index contributed by atoms with van der Waals surface area (Å²) in [4.78, 5) is 10.5. The van der Waals surface area contributed by atoms with Crippen molar-refractivity contribution in [3.8, 4) is 0 Å². The lowest BCUT2D eigenvalue weighted by molar-refractivity contribution is -0.137. The monoisotopic (exact) mass is 647 g/mol. The fourth-order valence-corrected chi connectivity index (χ4v) is 11.2. The normalized spacial score (nSPS) is 33.0. The second kappa shape index (κ2) is 19.0. The van der Waals surface area contributed by atoms with Gasteiger partial charge in [0.25, 0.3) is 0 Å². The van der Waals surface area contributed by atoms with Gasteiger partial charge in [0.15, 0.2) is 0 Å². The van der Waals surface area contributed by atoms with E-state index in [0.717, 1.165) is 80.0 Å². The third kappa shape index (κ3) is 10.7. The molecule has 4 aliphatic carbocycles. The van der Waals surface area contributed by atoms with E-state index in [9.17, 15) is 4.79 Å². The Morgan fingerprint density at radius 3 is 2.26 bits per heavy atom. The summed E-state index contributed by atoms with van der Waals surface area (Å²) in [5, 5.41) is 8.68. The highest BCUT2D eigenvalue weighted by Gasteiger charge is 2.59. The van der Waals surface area contributed by atoms with Gasteiger partial charge in [0.1, 0.15) is 0 Å². The summed E-state index contributed by atoms with van der Waals surface area (Å²) < 4.78 is 0. The molecule has 8 atom stereocenters. The number of fused-ring (bicyclic) bond motifs is 5. The second-order valence-corrected chi connectivity index (χ2v) is 17.6. The molecule has 2 heteroatoms. The molecule has 0 radical (unpaired) electrons. The summed E-state index contributed by atoms with van der Waals surface area (Å²) in [6.07, 6.45) is 44.4. The van der Waals surface area contributed by atoms with E-state index in [-0.39, 0.29) is 0 Å². The van der Waals surface area contributed by atoms with Crippen LogP contribution >= 0.6 is 0 Å². The molecule has 0 amide bonds. The molecule has 0 bridgehead atoms. The molecule has 4 aliphatic rings. The fourth-order valence-electron chi connectivity index (χ4n) is 11.2. The predicted octanol–water partition coefficient (Wildman–Crippen LogP) is 13.7. The van der Waals surface area contributed by atoms with Crippen LogP contribution in [0.2, 0.25) is 0 Å². The molecule has 0 aromatic rings. The Bertz CT molecular complexity index is 1060. The van der Waals surface area contributed by atoms with Crippen LogP contribution in [0.15, 0.2) is 48.1 Å². The Labute approximate surface area is 291 Å². The molecule has 266 valence electrons. The van der Waals surface area contributed by atoms with Crippen LogP contribution in [-0.2, 0) is 4.79 Å². The van der Waals surface area contributed by atoms with Gasteiger partial charge in [-0.3, -0.25) is 4.79 Å². The van der Waals surface area contributed by atoms with Gasteiger partial charge in [0.2, 0.25) is 0 Å². The van der Waals surface area contributed by atoms with Crippen molar-refractivity contribution in [2.75, 3.05) is 0 Å². The van der Waals surface area contributed by atoms with Crippen LogP contribution in [0, 0.1) is 52.3 Å². The zero-order chi connectivity index (χ0) is 33.7. The van der Waals surface area contributed by atoms with Gasteiger partial charge >= 0.3 is 5.97 Å². The summed E-state index contributed by atoms with van der Waals surface area (Å²) in [5.41, 5.74) is 2.95. The van der Waals surface area contributed by atoms with Gasteiger partial charge in [-0.15, -0.1) is 0 Å². The summed E-state index contributed by atoms with van der Waals surface area (Å²) >= 11 is 0. The van der Waals surface area contributed by atoms with Crippen molar-refractivity contribution in [1.82, 2.24) is 0 Å². The third-order valence-corrected chi connectivity index (χ3v) is 14.0. The fraction of sp³-hybridized carbons (Fsp3) is 0.800. The van der Waals surface area contributed by atoms with Crippen molar-refractivity contribution < 1.29 is 9.90 Å². The Kier molecular flexibility index (Phi) is 15.4. The predicted molar refractivity (Wildman–Crippen MR) is 202 cm³/mol. The van der Waals surface area contributed by atoms with E-state index in [1.807, 2.05) is 5.57 Å². The first kappa shape index (κ1) is 38.2. The number of carboxylic acids is 1. The molecule has 2 nitrogen and oxygen atoms in total. The van der Waals surface area contributed by atoms with Crippen molar-refractivity contribution in [3.05, 3.63) is 48.1 Å². The number of aliphatic carboxylic acids is 1. The van der Waals surface area contributed by atoms with Gasteiger partial charge < -0.3 is 5.11 Å². The zero-order valence-corrected chi connectivity index (χ0v) is 31.5. The Morgan fingerprint density at radius 2 is 1.51 bits per heavy atom. The first-order valence-electron chi connectivity index (χ1n) is 20.5. The minimum absolute atomic E-state index is 0.319. The molecule has 0 saturated heterocycles. The number of rotatable bonds is 20. The molecule has 3 fully saturated rings. The summed E-state index contributed by atoms with van der Waals surface area (Å²) in [6.45, 7) is 12.8. The maximum absolute atomic E-state index is 10.5. The Hall–Kier alpha value is -1.57. The number of hydrogen-bond donors (Lipinski definition) is 1. The molecule has 0 aromatic heterocycles. The van der Waals surface area contributed by atoms with Crippen molar-refractivity contribution >= 4 is 5.97 Å². The summed E-state index contributed by atoms with van der Waals surface area (Å²) in [6, 6.07) is 0. The summed E-state index contributed by atoms with van der Waals surface area (Å²) in [7, 11) is 0. The highest BCUT2D eigenvalue weighted by molar-refractivity contribution is 5.66. The summed E-state index contributed by atoms with van der Waals surface area (Å²) in [5.74, 6) is 5.81. The van der Waals surface area contributed by atoms with Crippen LogP contribution in [0.1, 0.15) is 176 Å². The number of carboxylic acid groups (broad SMARTS) is 1. The molecule has 1 N–H and O–H groups in total. The van der Waals surface area contributed by atoms with Gasteiger partial charge in [0, 0.05) is 6.42 Å². The molecule has 0 aromatic carbocycles. The smallest absolute Gasteiger partial charge is 0.303 e. The SMILES string of the molecule is CC(C)CCC[C@@H](C)[C@H]1CCC2C3CC=C4CC(CCC=CCC=CCC=CCCCCCCCC(=O)O)CC[C@]4(C)C3CC[C@@]21C. The van der Waals surface area contributed by atoms with E-state index < -0.39 is 5.97 Å². The van der Waals surface area contributed by atoms with Crippen molar-refractivity contribution in [3.63, 3.8) is 0 Å². The van der Waals surface area contributed by atoms with Gasteiger partial charge in [-0.25, -0.2) is 0 Å². The van der Waals surface area contributed by atoms with Gasteiger partial charge in [0.05, 0.1) is 0 Å². The minimum Gasteiger partial charge on any atom is -0.481 e. The third-order valence-electron chi connectivity index (χ3n) is 14.0. The highest BCUT2D eigenvalue weighted by atomic mass is 16.4. The van der Waals surface area contributed by atoms with Gasteiger partial charge in [-0.05, 0) is 149 Å². The number of allylic oxidation sites excluding steroid dienone is 8. The lowest BCUT2D eigenvalue weighted by Crippen LogP contribution is -2.50. The average Bonchev–Trinajstić information content (AvgIpc) is 3.39. The quantitative estimate of drug-likeness (QED) is 0.106. The molecule has 4 unspecified atom stereocenters. The van der Waals surface area contributed by atoms with Crippen molar-refractivity contribution in [2.24, 2.45) is 52.3 Å². The van der Waals surface area contributed by atoms with E-state index in [0.29, 0.717) is 17.3 Å². The van der Waals surface area contributed by atoms with E-state index in [4.69, 9.17) is 5.11 Å². The largest absolute Gasteiger partial charge is 0.481 e. The number of hydrogen-bond acceptors (Lipinski definition) is 1. The second-order valence-electron chi connectivity index (χ2n) is 17.6. The maximum Gasteiger partial charge on any atom is 0.303 e. The lowest BCUT2D eigenvalue weighted by atomic mass is 9.46. The Morgan fingerprint density at radius 1 is 0.809 bits per heavy atom. The zero-order valence-electron chi connectivity index (χ0n) is 31.5. The van der Waals surface area contributed by atoms with E-state index in [1.165, 1.54) is 96.3 Å². The van der Waals surface area contributed by atoms with Crippen LogP contribution in [0.25, 0.3) is 0 Å². The Balaban J connectivity index is 1.12. The van der Waals surface area contributed by atoms with Crippen LogP contribution in [0.3, 0.4) is 0 Å². The standard InChI is InChI=1S/C45H74O2/c1-35(2)22-21-23-36(3)40-28-29-41-39-27-26-38-34-37(30-32-44(38,4)42(39)31-33-45(40,41)5)24-19-17-15-13-11-9-7-6-8-10-12-14-16-18-20-25-43(46)47/h6,8-9,11,15,17,26,35-37,39-42H,7,10,12-14,16,18-25,27-34H2,1-5H3,(H,46,47)/t36-,37?,39?,40-,41?,42?,44+,45-/m1/s1. The van der Waals surface area contributed by atoms with Crippen molar-refractivity contribution in [2.45, 2.75) is 176 Å². The van der Waals surface area contributed by atoms with Gasteiger partial charge in [-0.2, -0.15) is 0 Å². The highest BCUT2D eigenvalue weighted by Crippen LogP contribution is 2.67. The molecule has 47 heavy (non-hydrogen) atoms. The molecule has 0 spiro atoms. The number of unbranched alkanes of at least 4 members (excludes halogenated alkanes) is 5. The van der Waals surface area contributed by atoms with Crippen LogP contribution in [0.4, 0.5) is 0 Å². The van der Waals surface area contributed by atoms with E-state index >= 15 is 0 Å². The van der Waals surface area contributed by atoms with E-state index in [2.05, 4.69) is 77.2 Å². The topological polar surface area (TPSA) is 37.3 Å². The maximum atomic E-state index is 10.5. The van der Waals surface area contributed by atoms with E-state index in [1.54, 1.807) is 0 Å². The molecule has 0 heterocycles. The molecule has 3 saturated carbocycles. The van der Waals surface area contributed by atoms with Crippen LogP contribution in [-0.4, -0.2) is 11.1 Å². The lowest BCUT2D eigenvalue weighted by Gasteiger charge is -2.58. The van der Waals surface area contributed by atoms with Crippen LogP contribution < -0.4 is 0 Å². The molecular formula is C45H74O2. The van der Waals surface area contributed by atoms with Crippen LogP contribution in [0.5, 0.6) is 0 Å².